The number of hydrogen-bond acceptors (Lipinski definition) is 8. The van der Waals surface area contributed by atoms with Crippen molar-refractivity contribution >= 4 is 23.1 Å². The van der Waals surface area contributed by atoms with Crippen LogP contribution in [-0.2, 0) is 6.18 Å². The molecule has 0 spiro atoms. The van der Waals surface area contributed by atoms with Crippen LogP contribution in [-0.4, -0.2) is 26.4 Å². The highest BCUT2D eigenvalue weighted by Gasteiger charge is 2.31. The number of ether oxygens (including phenoxy) is 1. The lowest BCUT2D eigenvalue weighted by Gasteiger charge is -2.06. The Labute approximate surface area is 161 Å². The van der Waals surface area contributed by atoms with Crippen LogP contribution in [0.3, 0.4) is 0 Å². The summed E-state index contributed by atoms with van der Waals surface area (Å²) < 4.78 is 49.9. The normalized spacial score (nSPS) is 13.1. The van der Waals surface area contributed by atoms with Crippen LogP contribution < -0.4 is 4.74 Å². The van der Waals surface area contributed by atoms with E-state index in [0.29, 0.717) is 9.53 Å². The van der Waals surface area contributed by atoms with Crippen molar-refractivity contribution in [2.24, 2.45) is 0 Å². The van der Waals surface area contributed by atoms with Crippen LogP contribution in [0.15, 0.2) is 33.1 Å². The van der Waals surface area contributed by atoms with Crippen molar-refractivity contribution in [3.8, 4) is 16.6 Å². The van der Waals surface area contributed by atoms with Gasteiger partial charge in [0.15, 0.2) is 4.34 Å². The summed E-state index contributed by atoms with van der Waals surface area (Å²) in [5.74, 6) is 0.388. The topological polar surface area (TPSA) is 73.9 Å². The molecule has 0 aliphatic rings. The van der Waals surface area contributed by atoms with E-state index in [0.717, 1.165) is 12.1 Å². The highest BCUT2D eigenvalue weighted by atomic mass is 32.2. The van der Waals surface area contributed by atoms with E-state index in [1.165, 1.54) is 35.2 Å². The van der Waals surface area contributed by atoms with Gasteiger partial charge in [-0.1, -0.05) is 34.1 Å². The van der Waals surface area contributed by atoms with Crippen molar-refractivity contribution < 1.29 is 22.4 Å². The maximum Gasteiger partial charge on any atom is 0.416 e. The van der Waals surface area contributed by atoms with E-state index in [4.69, 9.17) is 9.26 Å². The quantitative estimate of drug-likeness (QED) is 0.508. The smallest absolute Gasteiger partial charge is 0.416 e. The zero-order chi connectivity index (χ0) is 19.6. The van der Waals surface area contributed by atoms with E-state index in [-0.39, 0.29) is 28.6 Å². The molecular formula is C16H15F3N4O2S2. The first-order valence-electron chi connectivity index (χ1n) is 7.90. The molecule has 0 radical (unpaired) electrons. The van der Waals surface area contributed by atoms with Crippen molar-refractivity contribution in [1.82, 2.24) is 20.3 Å². The molecule has 6 nitrogen and oxygen atoms in total. The van der Waals surface area contributed by atoms with E-state index in [2.05, 4.69) is 20.3 Å². The minimum atomic E-state index is -4.43. The zero-order valence-electron chi connectivity index (χ0n) is 14.5. The molecule has 3 aromatic rings. The molecule has 1 unspecified atom stereocenters. The third-order valence-electron chi connectivity index (χ3n) is 3.24. The Morgan fingerprint density at radius 2 is 1.96 bits per heavy atom. The molecule has 27 heavy (non-hydrogen) atoms. The maximum atomic E-state index is 12.9. The van der Waals surface area contributed by atoms with Crippen LogP contribution >= 0.6 is 23.1 Å². The van der Waals surface area contributed by atoms with E-state index < -0.39 is 11.7 Å². The summed E-state index contributed by atoms with van der Waals surface area (Å²) in [6.07, 6.45) is -4.43. The van der Waals surface area contributed by atoms with Gasteiger partial charge < -0.3 is 9.26 Å². The number of nitrogens with zero attached hydrogens (tertiary/aromatic N) is 4. The Hall–Kier alpha value is -2.14. The lowest BCUT2D eigenvalue weighted by atomic mass is 10.1. The number of halogens is 3. The second-order valence-electron chi connectivity index (χ2n) is 5.80. The largest absolute Gasteiger partial charge is 0.466 e. The third-order valence-corrected chi connectivity index (χ3v) is 5.23. The average Bonchev–Trinajstić information content (AvgIpc) is 3.23. The van der Waals surface area contributed by atoms with Gasteiger partial charge >= 0.3 is 6.18 Å². The SMILES string of the molecule is CC(C)Oc1nnc(SC(C)c2nc(-c3cccc(C(F)(F)F)c3)no2)s1. The minimum Gasteiger partial charge on any atom is -0.466 e. The fourth-order valence-electron chi connectivity index (χ4n) is 2.05. The summed E-state index contributed by atoms with van der Waals surface area (Å²) in [5, 5.41) is 12.0. The van der Waals surface area contributed by atoms with Crippen molar-refractivity contribution in [3.63, 3.8) is 0 Å². The Morgan fingerprint density at radius 3 is 2.67 bits per heavy atom. The molecule has 0 saturated carbocycles. The fraction of sp³-hybridized carbons (Fsp3) is 0.375. The van der Waals surface area contributed by atoms with Gasteiger partial charge in [0.05, 0.1) is 16.9 Å². The van der Waals surface area contributed by atoms with Crippen molar-refractivity contribution in [2.45, 2.75) is 42.6 Å². The molecular weight excluding hydrogens is 401 g/mol. The second kappa shape index (κ2) is 7.85. The second-order valence-corrected chi connectivity index (χ2v) is 8.32. The Kier molecular flexibility index (Phi) is 5.70. The molecule has 0 bridgehead atoms. The molecule has 0 aliphatic heterocycles. The summed E-state index contributed by atoms with van der Waals surface area (Å²) in [6.45, 7) is 5.62. The summed E-state index contributed by atoms with van der Waals surface area (Å²) in [7, 11) is 0. The first-order chi connectivity index (χ1) is 12.7. The fourth-order valence-corrected chi connectivity index (χ4v) is 4.03. The van der Waals surface area contributed by atoms with Gasteiger partial charge in [0.1, 0.15) is 0 Å². The van der Waals surface area contributed by atoms with Gasteiger partial charge in [-0.15, -0.1) is 5.10 Å². The predicted molar refractivity (Wildman–Crippen MR) is 94.7 cm³/mol. The van der Waals surface area contributed by atoms with E-state index in [9.17, 15) is 13.2 Å². The molecule has 2 heterocycles. The van der Waals surface area contributed by atoms with Crippen LogP contribution in [0.25, 0.3) is 11.4 Å². The van der Waals surface area contributed by atoms with Crippen molar-refractivity contribution in [1.29, 1.82) is 0 Å². The first-order valence-corrected chi connectivity index (χ1v) is 9.60. The number of rotatable bonds is 6. The average molecular weight is 416 g/mol. The monoisotopic (exact) mass is 416 g/mol. The Balaban J connectivity index is 1.72. The van der Waals surface area contributed by atoms with Gasteiger partial charge in [-0.2, -0.15) is 18.2 Å². The predicted octanol–water partition coefficient (Wildman–Crippen LogP) is 5.25. The lowest BCUT2D eigenvalue weighted by molar-refractivity contribution is -0.137. The van der Waals surface area contributed by atoms with Crippen molar-refractivity contribution in [2.75, 3.05) is 0 Å². The van der Waals surface area contributed by atoms with Gasteiger partial charge in [-0.3, -0.25) is 0 Å². The number of hydrogen-bond donors (Lipinski definition) is 0. The van der Waals surface area contributed by atoms with Gasteiger partial charge in [-0.05, 0) is 44.2 Å². The number of alkyl halides is 3. The van der Waals surface area contributed by atoms with E-state index in [1.807, 2.05) is 20.8 Å². The third kappa shape index (κ3) is 4.98. The Bertz CT molecular complexity index is 911. The molecule has 2 aromatic heterocycles. The number of aromatic nitrogens is 4. The van der Waals surface area contributed by atoms with Crippen LogP contribution in [0.2, 0.25) is 0 Å². The highest BCUT2D eigenvalue weighted by molar-refractivity contribution is 8.01. The standard InChI is InChI=1S/C16H15F3N4O2S2/c1-8(2)24-14-21-22-15(27-14)26-9(3)13-20-12(23-25-13)10-5-4-6-11(7-10)16(17,18)19/h4-9H,1-3H3. The lowest BCUT2D eigenvalue weighted by Crippen LogP contribution is -2.04. The molecule has 0 aliphatic carbocycles. The van der Waals surface area contributed by atoms with E-state index in [1.54, 1.807) is 0 Å². The molecule has 144 valence electrons. The Morgan fingerprint density at radius 1 is 1.19 bits per heavy atom. The highest BCUT2D eigenvalue weighted by Crippen LogP contribution is 2.38. The molecule has 0 saturated heterocycles. The zero-order valence-corrected chi connectivity index (χ0v) is 16.2. The molecule has 11 heteroatoms. The van der Waals surface area contributed by atoms with E-state index >= 15 is 0 Å². The summed E-state index contributed by atoms with van der Waals surface area (Å²) >= 11 is 2.64. The molecule has 0 N–H and O–H groups in total. The van der Waals surface area contributed by atoms with Gasteiger partial charge in [0, 0.05) is 5.56 Å². The molecule has 1 atom stereocenters. The van der Waals surface area contributed by atoms with Crippen LogP contribution in [0, 0.1) is 0 Å². The molecule has 3 rings (SSSR count). The number of thioether (sulfide) groups is 1. The van der Waals surface area contributed by atoms with Crippen LogP contribution in [0.5, 0.6) is 5.19 Å². The van der Waals surface area contributed by atoms with Gasteiger partial charge in [0.2, 0.25) is 11.7 Å². The number of benzene rings is 1. The summed E-state index contributed by atoms with van der Waals surface area (Å²) in [4.78, 5) is 4.21. The summed E-state index contributed by atoms with van der Waals surface area (Å²) in [6, 6.07) is 4.80. The first kappa shape index (κ1) is 19.6. The van der Waals surface area contributed by atoms with Gasteiger partial charge in [-0.25, -0.2) is 0 Å². The molecule has 0 fully saturated rings. The summed E-state index contributed by atoms with van der Waals surface area (Å²) in [5.41, 5.74) is -0.527. The van der Waals surface area contributed by atoms with Gasteiger partial charge in [0.25, 0.3) is 5.19 Å². The van der Waals surface area contributed by atoms with Crippen LogP contribution in [0.4, 0.5) is 13.2 Å². The molecule has 1 aromatic carbocycles. The van der Waals surface area contributed by atoms with Crippen molar-refractivity contribution in [3.05, 3.63) is 35.7 Å². The molecule has 0 amide bonds. The van der Waals surface area contributed by atoms with Crippen LogP contribution in [0.1, 0.15) is 37.5 Å². The maximum absolute atomic E-state index is 12.9. The minimum absolute atomic E-state index is 0.000756.